The van der Waals surface area contributed by atoms with Gasteiger partial charge in [0.1, 0.15) is 5.75 Å². The molecule has 19 heavy (non-hydrogen) atoms. The number of aliphatic hydroxyl groups is 1. The molecule has 1 atom stereocenters. The van der Waals surface area contributed by atoms with Crippen molar-refractivity contribution in [3.8, 4) is 17.2 Å². The fraction of sp³-hybridized carbons (Fsp3) is 0.571. The number of benzene rings is 1. The fourth-order valence-corrected chi connectivity index (χ4v) is 2.10. The largest absolute Gasteiger partial charge is 0.496 e. The second kappa shape index (κ2) is 6.12. The first-order valence-corrected chi connectivity index (χ1v) is 6.40. The highest BCUT2D eigenvalue weighted by Crippen LogP contribution is 2.38. The van der Waals surface area contributed by atoms with Crippen molar-refractivity contribution in [3.05, 3.63) is 17.7 Å². The van der Waals surface area contributed by atoms with Crippen LogP contribution < -0.4 is 19.5 Å². The molecule has 106 valence electrons. The molecule has 0 aliphatic heterocycles. The molecular weight excluding hydrogens is 246 g/mol. The van der Waals surface area contributed by atoms with Crippen molar-refractivity contribution in [3.63, 3.8) is 0 Å². The summed E-state index contributed by atoms with van der Waals surface area (Å²) in [7, 11) is 4.79. The number of hydrogen-bond donors (Lipinski definition) is 2. The summed E-state index contributed by atoms with van der Waals surface area (Å²) in [6, 6.07) is 3.98. The van der Waals surface area contributed by atoms with Gasteiger partial charge in [-0.05, 0) is 18.9 Å². The number of nitrogens with one attached hydrogen (secondary N) is 1. The zero-order chi connectivity index (χ0) is 13.8. The van der Waals surface area contributed by atoms with Crippen LogP contribution in [0.15, 0.2) is 12.1 Å². The standard InChI is InChI=1S/C14H21NO4/c1-17-12-7-14(19-3)13(18-2)6-10(12)11(8-16)15-9-4-5-9/h6-7,9,11,15-16H,4-5,8H2,1-3H3. The van der Waals surface area contributed by atoms with E-state index in [-0.39, 0.29) is 12.6 Å². The van der Waals surface area contributed by atoms with Crippen LogP contribution in [0.3, 0.4) is 0 Å². The van der Waals surface area contributed by atoms with Crippen LogP contribution in [0.25, 0.3) is 0 Å². The Labute approximate surface area is 113 Å². The van der Waals surface area contributed by atoms with Gasteiger partial charge < -0.3 is 24.6 Å². The number of methoxy groups -OCH3 is 3. The van der Waals surface area contributed by atoms with Gasteiger partial charge in [-0.25, -0.2) is 0 Å². The smallest absolute Gasteiger partial charge is 0.164 e. The van der Waals surface area contributed by atoms with E-state index < -0.39 is 0 Å². The molecule has 2 N–H and O–H groups in total. The van der Waals surface area contributed by atoms with Crippen LogP contribution in [0, 0.1) is 0 Å². The van der Waals surface area contributed by atoms with Crippen molar-refractivity contribution in [1.29, 1.82) is 0 Å². The molecule has 1 aromatic carbocycles. The van der Waals surface area contributed by atoms with Crippen LogP contribution in [0.1, 0.15) is 24.4 Å². The molecule has 2 rings (SSSR count). The van der Waals surface area contributed by atoms with Crippen molar-refractivity contribution >= 4 is 0 Å². The van der Waals surface area contributed by atoms with Crippen LogP contribution >= 0.6 is 0 Å². The topological polar surface area (TPSA) is 60.0 Å². The number of hydrogen-bond acceptors (Lipinski definition) is 5. The second-order valence-electron chi connectivity index (χ2n) is 4.63. The molecule has 1 saturated carbocycles. The molecule has 5 nitrogen and oxygen atoms in total. The quantitative estimate of drug-likeness (QED) is 0.784. The highest BCUT2D eigenvalue weighted by atomic mass is 16.5. The summed E-state index contributed by atoms with van der Waals surface area (Å²) in [5.41, 5.74) is 0.884. The maximum Gasteiger partial charge on any atom is 0.164 e. The summed E-state index contributed by atoms with van der Waals surface area (Å²) in [5, 5.41) is 13.0. The Hall–Kier alpha value is -1.46. The predicted octanol–water partition coefficient (Wildman–Crippen LogP) is 1.50. The molecule has 0 saturated heterocycles. The lowest BCUT2D eigenvalue weighted by molar-refractivity contribution is 0.239. The lowest BCUT2D eigenvalue weighted by Crippen LogP contribution is -2.26. The lowest BCUT2D eigenvalue weighted by Gasteiger charge is -2.21. The second-order valence-corrected chi connectivity index (χ2v) is 4.63. The molecule has 1 aromatic rings. The van der Waals surface area contributed by atoms with E-state index in [9.17, 15) is 5.11 Å². The molecule has 1 aliphatic rings. The minimum absolute atomic E-state index is 0.0162. The maximum atomic E-state index is 9.58. The molecule has 5 heteroatoms. The summed E-state index contributed by atoms with van der Waals surface area (Å²) in [5.74, 6) is 1.94. The van der Waals surface area contributed by atoms with Crippen molar-refractivity contribution in [1.82, 2.24) is 5.32 Å². The summed E-state index contributed by atoms with van der Waals surface area (Å²) in [4.78, 5) is 0. The fourth-order valence-electron chi connectivity index (χ4n) is 2.10. The van der Waals surface area contributed by atoms with Crippen molar-refractivity contribution in [2.45, 2.75) is 24.9 Å². The Morgan fingerprint density at radius 1 is 1.11 bits per heavy atom. The van der Waals surface area contributed by atoms with Crippen molar-refractivity contribution in [2.75, 3.05) is 27.9 Å². The van der Waals surface area contributed by atoms with Gasteiger partial charge in [0.2, 0.25) is 0 Å². The number of aliphatic hydroxyl groups excluding tert-OH is 1. The Balaban J connectivity index is 2.34. The molecule has 0 aromatic heterocycles. The molecule has 0 radical (unpaired) electrons. The third kappa shape index (κ3) is 3.11. The summed E-state index contributed by atoms with van der Waals surface area (Å²) in [6.45, 7) is 0.0162. The highest BCUT2D eigenvalue weighted by Gasteiger charge is 2.27. The van der Waals surface area contributed by atoms with E-state index in [2.05, 4.69) is 5.32 Å². The molecule has 0 heterocycles. The average Bonchev–Trinajstić information content (AvgIpc) is 3.27. The van der Waals surface area contributed by atoms with E-state index in [1.165, 1.54) is 0 Å². The summed E-state index contributed by atoms with van der Waals surface area (Å²) in [6.07, 6.45) is 2.32. The molecule has 0 bridgehead atoms. The van der Waals surface area contributed by atoms with Gasteiger partial charge in [-0.3, -0.25) is 0 Å². The van der Waals surface area contributed by atoms with Gasteiger partial charge in [0.15, 0.2) is 11.5 Å². The van der Waals surface area contributed by atoms with Gasteiger partial charge in [0.05, 0.1) is 34.0 Å². The lowest BCUT2D eigenvalue weighted by atomic mass is 10.0. The van der Waals surface area contributed by atoms with E-state index >= 15 is 0 Å². The summed E-state index contributed by atoms with van der Waals surface area (Å²) < 4.78 is 15.9. The SMILES string of the molecule is COc1cc(OC)c(C(CO)NC2CC2)cc1OC. The third-order valence-electron chi connectivity index (χ3n) is 3.31. The first-order valence-electron chi connectivity index (χ1n) is 6.40. The van der Waals surface area contributed by atoms with Gasteiger partial charge in [-0.1, -0.05) is 0 Å². The van der Waals surface area contributed by atoms with E-state index in [4.69, 9.17) is 14.2 Å². The van der Waals surface area contributed by atoms with Gasteiger partial charge in [0.25, 0.3) is 0 Å². The number of ether oxygens (including phenoxy) is 3. The predicted molar refractivity (Wildman–Crippen MR) is 72.1 cm³/mol. The van der Waals surface area contributed by atoms with Gasteiger partial charge >= 0.3 is 0 Å². The number of rotatable bonds is 7. The first-order chi connectivity index (χ1) is 9.23. The van der Waals surface area contributed by atoms with Gasteiger partial charge in [-0.15, -0.1) is 0 Å². The summed E-state index contributed by atoms with van der Waals surface area (Å²) >= 11 is 0. The van der Waals surface area contributed by atoms with E-state index in [0.29, 0.717) is 23.3 Å². The molecule has 1 unspecified atom stereocenters. The Morgan fingerprint density at radius 3 is 2.16 bits per heavy atom. The molecule has 0 spiro atoms. The third-order valence-corrected chi connectivity index (χ3v) is 3.31. The monoisotopic (exact) mass is 267 g/mol. The van der Waals surface area contributed by atoms with Crippen LogP contribution in [0.5, 0.6) is 17.2 Å². The zero-order valence-electron chi connectivity index (χ0n) is 11.6. The maximum absolute atomic E-state index is 9.58. The van der Waals surface area contributed by atoms with Gasteiger partial charge in [0, 0.05) is 17.7 Å². The van der Waals surface area contributed by atoms with Crippen LogP contribution in [0.2, 0.25) is 0 Å². The molecule has 1 fully saturated rings. The average molecular weight is 267 g/mol. The minimum atomic E-state index is -0.151. The van der Waals surface area contributed by atoms with Gasteiger partial charge in [-0.2, -0.15) is 0 Å². The highest BCUT2D eigenvalue weighted by molar-refractivity contribution is 5.52. The Bertz CT molecular complexity index is 432. The normalized spacial score (nSPS) is 16.0. The minimum Gasteiger partial charge on any atom is -0.496 e. The van der Waals surface area contributed by atoms with E-state index in [0.717, 1.165) is 18.4 Å². The van der Waals surface area contributed by atoms with E-state index in [1.54, 1.807) is 27.4 Å². The van der Waals surface area contributed by atoms with Crippen molar-refractivity contribution < 1.29 is 19.3 Å². The molecule has 1 aliphatic carbocycles. The molecular formula is C14H21NO4. The first kappa shape index (κ1) is 14.0. The Kier molecular flexibility index (Phi) is 4.50. The van der Waals surface area contributed by atoms with Crippen LogP contribution in [0.4, 0.5) is 0 Å². The van der Waals surface area contributed by atoms with Crippen molar-refractivity contribution in [2.24, 2.45) is 0 Å². The van der Waals surface area contributed by atoms with Crippen LogP contribution in [-0.4, -0.2) is 39.1 Å². The Morgan fingerprint density at radius 2 is 1.68 bits per heavy atom. The zero-order valence-corrected chi connectivity index (χ0v) is 11.6. The van der Waals surface area contributed by atoms with E-state index in [1.807, 2.05) is 6.07 Å². The molecule has 0 amide bonds. The van der Waals surface area contributed by atoms with Crippen LogP contribution in [-0.2, 0) is 0 Å².